The highest BCUT2D eigenvalue weighted by Crippen LogP contribution is 2.41. The molecule has 1 atom stereocenters. The zero-order valence-corrected chi connectivity index (χ0v) is 22.5. The molecule has 0 amide bonds. The number of allylic oxidation sites excluding steroid dienone is 2. The molecule has 186 valence electrons. The number of ether oxygens (including phenoxy) is 1. The number of nitrogens with one attached hydrogen (secondary N) is 1. The Morgan fingerprint density at radius 1 is 0.973 bits per heavy atom. The second kappa shape index (κ2) is 10.6. The molecule has 2 aliphatic rings. The zero-order chi connectivity index (χ0) is 25.2. The maximum absolute atomic E-state index is 13.1. The number of thioether (sulfide) groups is 1. The first-order chi connectivity index (χ1) is 18.1. The average Bonchev–Trinajstić information content (AvgIpc) is 3.34. The summed E-state index contributed by atoms with van der Waals surface area (Å²) in [6.07, 6.45) is 2.25. The fourth-order valence-electron chi connectivity index (χ4n) is 4.72. The molecule has 3 aromatic carbocycles. The summed E-state index contributed by atoms with van der Waals surface area (Å²) >= 11 is 5.06. The molecule has 0 saturated heterocycles. The molecular weight excluding hydrogens is 548 g/mol. The van der Waals surface area contributed by atoms with Crippen molar-refractivity contribution >= 4 is 39.4 Å². The van der Waals surface area contributed by atoms with Gasteiger partial charge < -0.3 is 10.1 Å². The predicted octanol–water partition coefficient (Wildman–Crippen LogP) is 6.93. The van der Waals surface area contributed by atoms with Gasteiger partial charge in [0.05, 0.1) is 0 Å². The number of ketones is 1. The maximum Gasteiger partial charge on any atom is 0.227 e. The van der Waals surface area contributed by atoms with Crippen molar-refractivity contribution < 1.29 is 9.53 Å². The van der Waals surface area contributed by atoms with E-state index in [2.05, 4.69) is 33.4 Å². The molecule has 0 radical (unpaired) electrons. The van der Waals surface area contributed by atoms with E-state index in [0.717, 1.165) is 51.2 Å². The summed E-state index contributed by atoms with van der Waals surface area (Å²) in [6, 6.07) is 26.1. The van der Waals surface area contributed by atoms with Gasteiger partial charge in [-0.05, 0) is 53.8 Å². The number of rotatable bonds is 7. The van der Waals surface area contributed by atoms with Crippen molar-refractivity contribution in [1.29, 1.82) is 0 Å². The molecule has 37 heavy (non-hydrogen) atoms. The Labute approximate surface area is 228 Å². The molecular formula is C29H25BrN4O2S. The SMILES string of the molecule is O=C1CCCC2=C1C(c1ccc(OCc3ccc(Br)cc3)cc1)n1nc(SCc3ccccc3)nc1N2. The van der Waals surface area contributed by atoms with Crippen LogP contribution in [0.1, 0.15) is 42.0 Å². The summed E-state index contributed by atoms with van der Waals surface area (Å²) in [6.45, 7) is 0.489. The van der Waals surface area contributed by atoms with Gasteiger partial charge in [-0.3, -0.25) is 4.79 Å². The van der Waals surface area contributed by atoms with E-state index >= 15 is 0 Å². The van der Waals surface area contributed by atoms with Crippen LogP contribution in [0.3, 0.4) is 0 Å². The van der Waals surface area contributed by atoms with Crippen molar-refractivity contribution in [1.82, 2.24) is 14.8 Å². The summed E-state index contributed by atoms with van der Waals surface area (Å²) in [5.41, 5.74) is 5.08. The van der Waals surface area contributed by atoms with E-state index in [1.165, 1.54) is 5.56 Å². The van der Waals surface area contributed by atoms with Crippen molar-refractivity contribution in [3.63, 3.8) is 0 Å². The third-order valence-electron chi connectivity index (χ3n) is 6.57. The lowest BCUT2D eigenvalue weighted by atomic mass is 9.85. The number of benzene rings is 3. The van der Waals surface area contributed by atoms with Crippen LogP contribution in [-0.2, 0) is 17.2 Å². The quantitative estimate of drug-likeness (QED) is 0.242. The second-order valence-electron chi connectivity index (χ2n) is 9.12. The second-order valence-corrected chi connectivity index (χ2v) is 11.0. The van der Waals surface area contributed by atoms with Gasteiger partial charge in [0.25, 0.3) is 0 Å². The summed E-state index contributed by atoms with van der Waals surface area (Å²) in [5.74, 6) is 2.42. The molecule has 6 nitrogen and oxygen atoms in total. The standard InChI is InChI=1S/C29H25BrN4O2S/c30-22-13-9-19(10-14-22)17-36-23-15-11-21(12-16-23)27-26-24(7-4-8-25(26)35)31-28-32-29(33-34(27)28)37-18-20-5-2-1-3-6-20/h1-3,5-6,9-16,27H,4,7-8,17-18H2,(H,31,32,33). The van der Waals surface area contributed by atoms with Gasteiger partial charge in [0.15, 0.2) is 5.78 Å². The number of anilines is 1. The van der Waals surface area contributed by atoms with E-state index in [9.17, 15) is 4.79 Å². The molecule has 8 heteroatoms. The first-order valence-electron chi connectivity index (χ1n) is 12.3. The topological polar surface area (TPSA) is 69.0 Å². The molecule has 6 rings (SSSR count). The van der Waals surface area contributed by atoms with Crippen molar-refractivity contribution in [3.8, 4) is 5.75 Å². The molecule has 0 saturated carbocycles. The van der Waals surface area contributed by atoms with E-state index in [1.807, 2.05) is 71.4 Å². The largest absolute Gasteiger partial charge is 0.489 e. The Kier molecular flexibility index (Phi) is 6.85. The predicted molar refractivity (Wildman–Crippen MR) is 149 cm³/mol. The van der Waals surface area contributed by atoms with Crippen LogP contribution in [0.15, 0.2) is 99.8 Å². The van der Waals surface area contributed by atoms with E-state index in [4.69, 9.17) is 14.8 Å². The van der Waals surface area contributed by atoms with Gasteiger partial charge in [0.1, 0.15) is 18.4 Å². The first-order valence-corrected chi connectivity index (χ1v) is 14.1. The van der Waals surface area contributed by atoms with Gasteiger partial charge in [-0.1, -0.05) is 82.3 Å². The Morgan fingerprint density at radius 3 is 2.54 bits per heavy atom. The highest BCUT2D eigenvalue weighted by atomic mass is 79.9. The lowest BCUT2D eigenvalue weighted by Gasteiger charge is -2.32. The Hall–Kier alpha value is -3.36. The van der Waals surface area contributed by atoms with Gasteiger partial charge in [-0.2, -0.15) is 4.98 Å². The summed E-state index contributed by atoms with van der Waals surface area (Å²) in [5, 5.41) is 8.94. The summed E-state index contributed by atoms with van der Waals surface area (Å²) in [4.78, 5) is 17.9. The lowest BCUT2D eigenvalue weighted by molar-refractivity contribution is -0.116. The lowest BCUT2D eigenvalue weighted by Crippen LogP contribution is -2.31. The molecule has 0 spiro atoms. The van der Waals surface area contributed by atoms with E-state index in [0.29, 0.717) is 24.1 Å². The van der Waals surface area contributed by atoms with Crippen LogP contribution in [0.4, 0.5) is 5.95 Å². The molecule has 4 aromatic rings. The third kappa shape index (κ3) is 5.22. The number of aromatic nitrogens is 3. The number of hydrogen-bond donors (Lipinski definition) is 1. The van der Waals surface area contributed by atoms with Crippen LogP contribution in [-0.4, -0.2) is 20.5 Å². The maximum atomic E-state index is 13.1. The van der Waals surface area contributed by atoms with Crippen LogP contribution in [0.25, 0.3) is 0 Å². The molecule has 2 heterocycles. The van der Waals surface area contributed by atoms with Crippen molar-refractivity contribution in [2.24, 2.45) is 0 Å². The zero-order valence-electron chi connectivity index (χ0n) is 20.1. The van der Waals surface area contributed by atoms with Crippen LogP contribution in [0, 0.1) is 0 Å². The van der Waals surface area contributed by atoms with Gasteiger partial charge in [0.2, 0.25) is 11.1 Å². The first kappa shape index (κ1) is 24.0. The van der Waals surface area contributed by atoms with Crippen LogP contribution in [0.5, 0.6) is 5.75 Å². The van der Waals surface area contributed by atoms with Gasteiger partial charge in [-0.25, -0.2) is 4.68 Å². The van der Waals surface area contributed by atoms with Gasteiger partial charge >= 0.3 is 0 Å². The molecule has 0 fully saturated rings. The number of carbonyl (C=O) groups excluding carboxylic acids is 1. The minimum Gasteiger partial charge on any atom is -0.489 e. The van der Waals surface area contributed by atoms with Crippen molar-refractivity contribution in [2.45, 2.75) is 42.8 Å². The number of Topliss-reactive ketones (excluding diaryl/α,β-unsaturated/α-hetero) is 1. The monoisotopic (exact) mass is 572 g/mol. The highest BCUT2D eigenvalue weighted by molar-refractivity contribution is 9.10. The minimum absolute atomic E-state index is 0.175. The minimum atomic E-state index is -0.307. The Morgan fingerprint density at radius 2 is 1.76 bits per heavy atom. The van der Waals surface area contributed by atoms with Gasteiger partial charge in [-0.15, -0.1) is 5.10 Å². The molecule has 0 bridgehead atoms. The van der Waals surface area contributed by atoms with Crippen molar-refractivity contribution in [3.05, 3.63) is 111 Å². The molecule has 1 aliphatic carbocycles. The average molecular weight is 574 g/mol. The summed E-state index contributed by atoms with van der Waals surface area (Å²) < 4.78 is 8.92. The van der Waals surface area contributed by atoms with E-state index < -0.39 is 0 Å². The van der Waals surface area contributed by atoms with Crippen molar-refractivity contribution in [2.75, 3.05) is 5.32 Å². The van der Waals surface area contributed by atoms with Crippen LogP contribution >= 0.6 is 27.7 Å². The molecule has 1 N–H and O–H groups in total. The highest BCUT2D eigenvalue weighted by Gasteiger charge is 2.36. The number of fused-ring (bicyclic) bond motifs is 1. The van der Waals surface area contributed by atoms with E-state index in [1.54, 1.807) is 11.8 Å². The van der Waals surface area contributed by atoms with E-state index in [-0.39, 0.29) is 11.8 Å². The fraction of sp³-hybridized carbons (Fsp3) is 0.207. The molecule has 1 aromatic heterocycles. The number of hydrogen-bond acceptors (Lipinski definition) is 6. The molecule has 1 unspecified atom stereocenters. The fourth-order valence-corrected chi connectivity index (χ4v) is 5.77. The third-order valence-corrected chi connectivity index (χ3v) is 8.01. The normalized spacial score (nSPS) is 16.7. The number of nitrogens with zero attached hydrogens (tertiary/aromatic N) is 3. The summed E-state index contributed by atoms with van der Waals surface area (Å²) in [7, 11) is 0. The number of halogens is 1. The van der Waals surface area contributed by atoms with Gasteiger partial charge in [0, 0.05) is 27.9 Å². The number of carbonyl (C=O) groups is 1. The Balaban J connectivity index is 1.26. The van der Waals surface area contributed by atoms with Crippen LogP contribution in [0.2, 0.25) is 0 Å². The van der Waals surface area contributed by atoms with Crippen LogP contribution < -0.4 is 10.1 Å². The smallest absolute Gasteiger partial charge is 0.227 e. The Bertz CT molecular complexity index is 1450. The molecule has 1 aliphatic heterocycles.